The van der Waals surface area contributed by atoms with Crippen LogP contribution in [0.4, 0.5) is 5.69 Å². The Balaban J connectivity index is 1.63. The molecule has 0 saturated carbocycles. The van der Waals surface area contributed by atoms with Crippen LogP contribution >= 0.6 is 0 Å². The number of carbonyl (C=O) groups excluding carboxylic acids is 1. The number of nitrogens with zero attached hydrogens (tertiary/aromatic N) is 2. The molecule has 150 valence electrons. The van der Waals surface area contributed by atoms with Crippen molar-refractivity contribution in [2.24, 2.45) is 0 Å². The van der Waals surface area contributed by atoms with Crippen LogP contribution in [-0.4, -0.2) is 68.0 Å². The van der Waals surface area contributed by atoms with E-state index in [1.54, 1.807) is 24.3 Å². The molecule has 1 amide bonds. The first kappa shape index (κ1) is 20.3. The molecule has 2 heterocycles. The van der Waals surface area contributed by atoms with Crippen LogP contribution in [0.25, 0.3) is 0 Å². The Kier molecular flexibility index (Phi) is 6.20. The summed E-state index contributed by atoms with van der Waals surface area (Å²) >= 11 is 0. The van der Waals surface area contributed by atoms with Gasteiger partial charge in [0.15, 0.2) is 0 Å². The Bertz CT molecular complexity index is 750. The van der Waals surface area contributed by atoms with Crippen LogP contribution in [0, 0.1) is 0 Å². The Morgan fingerprint density at radius 3 is 2.22 bits per heavy atom. The molecule has 2 aliphatic rings. The second-order valence-electron chi connectivity index (χ2n) is 7.51. The highest BCUT2D eigenvalue weighted by molar-refractivity contribution is 7.89. The molecule has 3 rings (SSSR count). The minimum absolute atomic E-state index is 0.0964. The van der Waals surface area contributed by atoms with Crippen molar-refractivity contribution < 1.29 is 17.9 Å². The van der Waals surface area contributed by atoms with Gasteiger partial charge in [0.2, 0.25) is 15.9 Å². The summed E-state index contributed by atoms with van der Waals surface area (Å²) in [5.41, 5.74) is 0.599. The molecular formula is C19H29N3O4S. The number of benzene rings is 1. The zero-order valence-corrected chi connectivity index (χ0v) is 17.0. The minimum atomic E-state index is -3.43. The van der Waals surface area contributed by atoms with Crippen molar-refractivity contribution in [3.8, 4) is 0 Å². The highest BCUT2D eigenvalue weighted by Gasteiger charge is 2.30. The van der Waals surface area contributed by atoms with E-state index in [1.807, 2.05) is 20.8 Å². The molecule has 3 atom stereocenters. The molecule has 0 radical (unpaired) electrons. The smallest absolute Gasteiger partial charge is 0.243 e. The summed E-state index contributed by atoms with van der Waals surface area (Å²) < 4.78 is 32.4. The molecule has 0 aromatic heterocycles. The van der Waals surface area contributed by atoms with E-state index < -0.39 is 10.0 Å². The van der Waals surface area contributed by atoms with Crippen molar-refractivity contribution in [2.75, 3.05) is 31.5 Å². The summed E-state index contributed by atoms with van der Waals surface area (Å²) in [5.74, 6) is -0.105. The van der Waals surface area contributed by atoms with Crippen LogP contribution in [0.15, 0.2) is 29.2 Å². The van der Waals surface area contributed by atoms with Gasteiger partial charge in [0.1, 0.15) is 0 Å². The molecule has 0 unspecified atom stereocenters. The minimum Gasteiger partial charge on any atom is -0.373 e. The van der Waals surface area contributed by atoms with Crippen molar-refractivity contribution in [1.29, 1.82) is 0 Å². The van der Waals surface area contributed by atoms with Gasteiger partial charge in [0.05, 0.1) is 23.1 Å². The van der Waals surface area contributed by atoms with E-state index in [4.69, 9.17) is 4.74 Å². The third-order valence-corrected chi connectivity index (χ3v) is 7.11. The summed E-state index contributed by atoms with van der Waals surface area (Å²) in [6.07, 6.45) is 2.01. The molecule has 0 bridgehead atoms. The summed E-state index contributed by atoms with van der Waals surface area (Å²) in [6, 6.07) is 6.14. The SMILES string of the molecule is C[C@@H]1CN([C@@H](C)C(=O)Nc2ccc(S(=O)(=O)N3CCCC3)cc2)C[C@@H](C)O1. The first-order valence-corrected chi connectivity index (χ1v) is 11.0. The average Bonchev–Trinajstić information content (AvgIpc) is 3.16. The fraction of sp³-hybridized carbons (Fsp3) is 0.632. The predicted octanol–water partition coefficient (Wildman–Crippen LogP) is 1.91. The molecule has 0 aliphatic carbocycles. The molecule has 2 saturated heterocycles. The molecule has 7 nitrogen and oxygen atoms in total. The average molecular weight is 396 g/mol. The van der Waals surface area contributed by atoms with E-state index >= 15 is 0 Å². The Hall–Kier alpha value is -1.48. The number of nitrogens with one attached hydrogen (secondary N) is 1. The quantitative estimate of drug-likeness (QED) is 0.824. The van der Waals surface area contributed by atoms with Gasteiger partial charge < -0.3 is 10.1 Å². The fourth-order valence-electron chi connectivity index (χ4n) is 3.73. The van der Waals surface area contributed by atoms with Gasteiger partial charge in [-0.3, -0.25) is 9.69 Å². The number of anilines is 1. The summed E-state index contributed by atoms with van der Waals surface area (Å²) in [5, 5.41) is 2.89. The van der Waals surface area contributed by atoms with Crippen molar-refractivity contribution in [1.82, 2.24) is 9.21 Å². The van der Waals surface area contributed by atoms with Gasteiger partial charge in [-0.25, -0.2) is 8.42 Å². The van der Waals surface area contributed by atoms with Crippen LogP contribution in [-0.2, 0) is 19.6 Å². The zero-order valence-electron chi connectivity index (χ0n) is 16.2. The number of ether oxygens (including phenoxy) is 1. The van der Waals surface area contributed by atoms with Crippen LogP contribution in [0.1, 0.15) is 33.6 Å². The number of morpholine rings is 1. The van der Waals surface area contributed by atoms with Crippen LogP contribution in [0.5, 0.6) is 0 Å². The van der Waals surface area contributed by atoms with Crippen molar-refractivity contribution in [3.05, 3.63) is 24.3 Å². The highest BCUT2D eigenvalue weighted by Crippen LogP contribution is 2.22. The second-order valence-corrected chi connectivity index (χ2v) is 9.45. The lowest BCUT2D eigenvalue weighted by molar-refractivity contribution is -0.126. The fourth-order valence-corrected chi connectivity index (χ4v) is 5.25. The maximum atomic E-state index is 12.6. The van der Waals surface area contributed by atoms with Crippen molar-refractivity contribution in [2.45, 2.75) is 56.8 Å². The second kappa shape index (κ2) is 8.26. The molecule has 0 spiro atoms. The lowest BCUT2D eigenvalue weighted by Crippen LogP contribution is -2.52. The standard InChI is InChI=1S/C19H29N3O4S/c1-14-12-21(13-15(2)26-14)16(3)19(23)20-17-6-8-18(9-7-17)27(24,25)22-10-4-5-11-22/h6-9,14-16H,4-5,10-13H2,1-3H3,(H,20,23)/t14-,15-,16+/m1/s1. The number of hydrogen-bond acceptors (Lipinski definition) is 5. The molecule has 2 fully saturated rings. The number of rotatable bonds is 5. The summed E-state index contributed by atoms with van der Waals surface area (Å²) in [4.78, 5) is 15.0. The highest BCUT2D eigenvalue weighted by atomic mass is 32.2. The number of amides is 1. The van der Waals surface area contributed by atoms with Crippen LogP contribution in [0.2, 0.25) is 0 Å². The molecule has 2 aliphatic heterocycles. The van der Waals surface area contributed by atoms with Gasteiger partial charge in [-0.1, -0.05) is 0 Å². The Morgan fingerprint density at radius 1 is 1.11 bits per heavy atom. The van der Waals surface area contributed by atoms with Gasteiger partial charge in [-0.2, -0.15) is 4.31 Å². The van der Waals surface area contributed by atoms with Gasteiger partial charge in [0.25, 0.3) is 0 Å². The molecule has 1 aromatic rings. The molecular weight excluding hydrogens is 366 g/mol. The molecule has 1 aromatic carbocycles. The van der Waals surface area contributed by atoms with E-state index in [-0.39, 0.29) is 29.1 Å². The van der Waals surface area contributed by atoms with Gasteiger partial charge in [0, 0.05) is 31.9 Å². The maximum Gasteiger partial charge on any atom is 0.243 e. The van der Waals surface area contributed by atoms with Crippen molar-refractivity contribution >= 4 is 21.6 Å². The normalized spacial score (nSPS) is 26.0. The van der Waals surface area contributed by atoms with Gasteiger partial charge in [-0.05, 0) is 57.9 Å². The largest absolute Gasteiger partial charge is 0.373 e. The van der Waals surface area contributed by atoms with Crippen LogP contribution in [0.3, 0.4) is 0 Å². The first-order chi connectivity index (χ1) is 12.8. The zero-order chi connectivity index (χ0) is 19.6. The topological polar surface area (TPSA) is 79.0 Å². The lowest BCUT2D eigenvalue weighted by atomic mass is 10.1. The van der Waals surface area contributed by atoms with Crippen LogP contribution < -0.4 is 5.32 Å². The maximum absolute atomic E-state index is 12.6. The summed E-state index contributed by atoms with van der Waals surface area (Å²) in [7, 11) is -3.43. The number of hydrogen-bond donors (Lipinski definition) is 1. The van der Waals surface area contributed by atoms with Crippen molar-refractivity contribution in [3.63, 3.8) is 0 Å². The van der Waals surface area contributed by atoms with E-state index in [0.29, 0.717) is 31.9 Å². The number of carbonyl (C=O) groups is 1. The predicted molar refractivity (Wildman–Crippen MR) is 104 cm³/mol. The third-order valence-electron chi connectivity index (χ3n) is 5.20. The first-order valence-electron chi connectivity index (χ1n) is 9.58. The van der Waals surface area contributed by atoms with E-state index in [1.165, 1.54) is 4.31 Å². The number of sulfonamides is 1. The Labute approximate surface area is 161 Å². The van der Waals surface area contributed by atoms with E-state index in [0.717, 1.165) is 12.8 Å². The van der Waals surface area contributed by atoms with E-state index in [2.05, 4.69) is 10.2 Å². The molecule has 8 heteroatoms. The molecule has 27 heavy (non-hydrogen) atoms. The van der Waals surface area contributed by atoms with E-state index in [9.17, 15) is 13.2 Å². The van der Waals surface area contributed by atoms with Gasteiger partial charge in [-0.15, -0.1) is 0 Å². The third kappa shape index (κ3) is 4.68. The van der Waals surface area contributed by atoms with Gasteiger partial charge >= 0.3 is 0 Å². The summed E-state index contributed by atoms with van der Waals surface area (Å²) in [6.45, 7) is 8.48. The Morgan fingerprint density at radius 2 is 1.67 bits per heavy atom. The monoisotopic (exact) mass is 395 g/mol. The lowest BCUT2D eigenvalue weighted by Gasteiger charge is -2.38. The molecule has 1 N–H and O–H groups in total.